The zero-order valence-electron chi connectivity index (χ0n) is 17.8. The van der Waals surface area contributed by atoms with Crippen molar-refractivity contribution in [3.63, 3.8) is 0 Å². The number of hydrogen-bond acceptors (Lipinski definition) is 4. The van der Waals surface area contributed by atoms with E-state index in [0.29, 0.717) is 17.2 Å². The predicted molar refractivity (Wildman–Crippen MR) is 127 cm³/mol. The fraction of sp³-hybridized carbons (Fsp3) is 0.200. The van der Waals surface area contributed by atoms with E-state index in [9.17, 15) is 18.3 Å². The number of nitrogens with zero attached hydrogens (tertiary/aromatic N) is 2. The van der Waals surface area contributed by atoms with Gasteiger partial charge in [-0.1, -0.05) is 31.0 Å². The molecule has 0 saturated heterocycles. The van der Waals surface area contributed by atoms with E-state index >= 15 is 0 Å². The molecule has 0 bridgehead atoms. The number of sulfonamides is 1. The summed E-state index contributed by atoms with van der Waals surface area (Å²) in [5, 5.41) is 9.36. The maximum atomic E-state index is 12.6. The topological polar surface area (TPSA) is 101 Å². The van der Waals surface area contributed by atoms with Crippen LogP contribution in [0.4, 0.5) is 5.69 Å². The average molecular weight is 462 g/mol. The first kappa shape index (κ1) is 21.2. The van der Waals surface area contributed by atoms with E-state index in [-0.39, 0.29) is 10.5 Å². The molecule has 5 rings (SSSR count). The smallest absolute Gasteiger partial charge is 0.335 e. The van der Waals surface area contributed by atoms with Crippen molar-refractivity contribution in [1.82, 2.24) is 9.55 Å². The Labute approximate surface area is 191 Å². The molecule has 0 radical (unpaired) electrons. The lowest BCUT2D eigenvalue weighted by Gasteiger charge is -2.17. The highest BCUT2D eigenvalue weighted by Crippen LogP contribution is 2.37. The first-order valence-electron chi connectivity index (χ1n) is 10.9. The molecule has 0 aliphatic heterocycles. The Balaban J connectivity index is 1.52. The van der Waals surface area contributed by atoms with Gasteiger partial charge in [0, 0.05) is 17.3 Å². The van der Waals surface area contributed by atoms with E-state index in [1.54, 1.807) is 54.6 Å². The van der Waals surface area contributed by atoms with Crippen molar-refractivity contribution in [3.8, 4) is 11.4 Å². The van der Waals surface area contributed by atoms with Crippen molar-refractivity contribution in [2.75, 3.05) is 4.72 Å². The van der Waals surface area contributed by atoms with E-state index in [2.05, 4.69) is 9.29 Å². The Bertz CT molecular complexity index is 1420. The minimum atomic E-state index is -3.67. The molecule has 2 N–H and O–H groups in total. The lowest BCUT2D eigenvalue weighted by Crippen LogP contribution is -2.12. The van der Waals surface area contributed by atoms with Gasteiger partial charge in [-0.2, -0.15) is 0 Å². The normalized spacial score (nSPS) is 14.5. The number of imidazole rings is 1. The molecule has 33 heavy (non-hydrogen) atoms. The Kier molecular flexibility index (Phi) is 5.38. The van der Waals surface area contributed by atoms with E-state index in [1.165, 1.54) is 0 Å². The van der Waals surface area contributed by atoms with Gasteiger partial charge in [0.05, 0.1) is 21.5 Å². The number of carbonyl (C=O) groups is 1. The Hall–Kier alpha value is -3.65. The molecule has 0 atom stereocenters. The average Bonchev–Trinajstić information content (AvgIpc) is 3.47. The van der Waals surface area contributed by atoms with Gasteiger partial charge < -0.3 is 9.67 Å². The van der Waals surface area contributed by atoms with E-state index < -0.39 is 16.0 Å². The van der Waals surface area contributed by atoms with Crippen LogP contribution in [-0.4, -0.2) is 29.0 Å². The second kappa shape index (κ2) is 8.37. The molecule has 4 aromatic rings. The van der Waals surface area contributed by atoms with Crippen LogP contribution in [0.25, 0.3) is 22.4 Å². The van der Waals surface area contributed by atoms with Gasteiger partial charge in [-0.05, 0) is 67.4 Å². The van der Waals surface area contributed by atoms with Crippen LogP contribution >= 0.6 is 0 Å². The van der Waals surface area contributed by atoms with Crippen LogP contribution in [0.5, 0.6) is 0 Å². The van der Waals surface area contributed by atoms with Gasteiger partial charge in [-0.15, -0.1) is 0 Å². The molecule has 1 aliphatic rings. The summed E-state index contributed by atoms with van der Waals surface area (Å²) in [6, 6.07) is 20.7. The van der Waals surface area contributed by atoms with Gasteiger partial charge in [0.1, 0.15) is 5.82 Å². The summed E-state index contributed by atoms with van der Waals surface area (Å²) in [6.45, 7) is 0. The van der Waals surface area contributed by atoms with Crippen LogP contribution in [0.15, 0.2) is 77.7 Å². The zero-order valence-corrected chi connectivity index (χ0v) is 18.6. The van der Waals surface area contributed by atoms with Crippen molar-refractivity contribution >= 4 is 32.7 Å². The molecule has 0 unspecified atom stereocenters. The molecule has 1 aliphatic carbocycles. The molecule has 1 fully saturated rings. The van der Waals surface area contributed by atoms with Crippen molar-refractivity contribution in [2.45, 2.75) is 36.6 Å². The second-order valence-corrected chi connectivity index (χ2v) is 9.93. The lowest BCUT2D eigenvalue weighted by molar-refractivity contribution is 0.0697. The Morgan fingerprint density at radius 1 is 0.970 bits per heavy atom. The van der Waals surface area contributed by atoms with Crippen LogP contribution in [-0.2, 0) is 10.0 Å². The molecule has 3 aromatic carbocycles. The van der Waals surface area contributed by atoms with Crippen molar-refractivity contribution < 1.29 is 18.3 Å². The fourth-order valence-electron chi connectivity index (χ4n) is 4.47. The van der Waals surface area contributed by atoms with Gasteiger partial charge in [-0.3, -0.25) is 4.72 Å². The minimum absolute atomic E-state index is 0.200. The highest BCUT2D eigenvalue weighted by Gasteiger charge is 2.24. The molecule has 7 nitrogen and oxygen atoms in total. The number of aromatic carboxylic acids is 1. The van der Waals surface area contributed by atoms with E-state index in [0.717, 1.165) is 42.6 Å². The molecule has 168 valence electrons. The first-order valence-corrected chi connectivity index (χ1v) is 12.3. The molecule has 0 amide bonds. The SMILES string of the molecule is O=C(O)c1ccc2c(c1)nc(-c1ccc(NS(=O)(=O)c3ccccc3)cc1)n2C1CCCC1. The number of rotatable bonds is 6. The summed E-state index contributed by atoms with van der Waals surface area (Å²) in [7, 11) is -3.67. The van der Waals surface area contributed by atoms with Gasteiger partial charge >= 0.3 is 5.97 Å². The maximum Gasteiger partial charge on any atom is 0.335 e. The fourth-order valence-corrected chi connectivity index (χ4v) is 5.55. The summed E-state index contributed by atoms with van der Waals surface area (Å²) in [4.78, 5) is 16.4. The molecule has 1 aromatic heterocycles. The van der Waals surface area contributed by atoms with Crippen molar-refractivity contribution in [3.05, 3.63) is 78.4 Å². The third-order valence-electron chi connectivity index (χ3n) is 6.08. The van der Waals surface area contributed by atoms with Gasteiger partial charge in [0.25, 0.3) is 10.0 Å². The van der Waals surface area contributed by atoms with Crippen LogP contribution in [0, 0.1) is 0 Å². The molecule has 0 spiro atoms. The highest BCUT2D eigenvalue weighted by atomic mass is 32.2. The molecular formula is C25H23N3O4S. The number of benzene rings is 3. The van der Waals surface area contributed by atoms with Crippen LogP contribution in [0.3, 0.4) is 0 Å². The summed E-state index contributed by atoms with van der Waals surface area (Å²) < 4.78 is 30.0. The Morgan fingerprint density at radius 3 is 2.33 bits per heavy atom. The third kappa shape index (κ3) is 4.09. The van der Waals surface area contributed by atoms with Gasteiger partial charge in [0.2, 0.25) is 0 Å². The summed E-state index contributed by atoms with van der Waals surface area (Å²) in [5.41, 5.74) is 3.06. The third-order valence-corrected chi connectivity index (χ3v) is 7.47. The van der Waals surface area contributed by atoms with E-state index in [1.807, 2.05) is 18.2 Å². The maximum absolute atomic E-state index is 12.6. The standard InChI is InChI=1S/C25H23N3O4S/c29-25(30)18-12-15-23-22(16-18)26-24(28(23)20-6-4-5-7-20)17-10-13-19(14-11-17)27-33(31,32)21-8-2-1-3-9-21/h1-3,8-16,20,27H,4-7H2,(H,29,30). The van der Waals surface area contributed by atoms with Crippen molar-refractivity contribution in [1.29, 1.82) is 0 Å². The number of anilines is 1. The van der Waals surface area contributed by atoms with Gasteiger partial charge in [0.15, 0.2) is 0 Å². The number of hydrogen-bond donors (Lipinski definition) is 2. The lowest BCUT2D eigenvalue weighted by atomic mass is 10.1. The number of fused-ring (bicyclic) bond motifs is 1. The quantitative estimate of drug-likeness (QED) is 0.405. The molecular weight excluding hydrogens is 438 g/mol. The van der Waals surface area contributed by atoms with Crippen molar-refractivity contribution in [2.24, 2.45) is 0 Å². The monoisotopic (exact) mass is 461 g/mol. The molecule has 1 heterocycles. The summed E-state index contributed by atoms with van der Waals surface area (Å²) >= 11 is 0. The number of carboxylic acids is 1. The zero-order chi connectivity index (χ0) is 23.0. The minimum Gasteiger partial charge on any atom is -0.478 e. The second-order valence-electron chi connectivity index (χ2n) is 8.25. The molecule has 8 heteroatoms. The first-order chi connectivity index (χ1) is 15.9. The summed E-state index contributed by atoms with van der Waals surface area (Å²) in [6.07, 6.45) is 4.40. The highest BCUT2D eigenvalue weighted by molar-refractivity contribution is 7.92. The number of aromatic nitrogens is 2. The molecule has 1 saturated carbocycles. The summed E-state index contributed by atoms with van der Waals surface area (Å²) in [5.74, 6) is -0.221. The van der Waals surface area contributed by atoms with E-state index in [4.69, 9.17) is 4.98 Å². The largest absolute Gasteiger partial charge is 0.478 e. The Morgan fingerprint density at radius 2 is 1.67 bits per heavy atom. The number of carboxylic acid groups (broad SMARTS) is 1. The van der Waals surface area contributed by atoms with Gasteiger partial charge in [-0.25, -0.2) is 18.2 Å². The number of nitrogens with one attached hydrogen (secondary N) is 1. The van der Waals surface area contributed by atoms with Crippen LogP contribution in [0.2, 0.25) is 0 Å². The predicted octanol–water partition coefficient (Wildman–Crippen LogP) is 5.32. The van der Waals surface area contributed by atoms with Crippen LogP contribution in [0.1, 0.15) is 42.1 Å². The van der Waals surface area contributed by atoms with Crippen LogP contribution < -0.4 is 4.72 Å².